The number of hydrogen-bond acceptors (Lipinski definition) is 3. The number of phenolic OH excluding ortho intramolecular Hbond substituents is 1. The summed E-state index contributed by atoms with van der Waals surface area (Å²) in [6.45, 7) is 1.47. The second kappa shape index (κ2) is 5.96. The lowest BCUT2D eigenvalue weighted by Gasteiger charge is -2.29. The lowest BCUT2D eigenvalue weighted by atomic mass is 9.90. The molecule has 5 nitrogen and oxygen atoms in total. The molecule has 0 aliphatic carbocycles. The maximum absolute atomic E-state index is 12.2. The third-order valence-corrected chi connectivity index (χ3v) is 3.72. The van der Waals surface area contributed by atoms with Gasteiger partial charge in [0.2, 0.25) is 0 Å². The summed E-state index contributed by atoms with van der Waals surface area (Å²) in [4.78, 5) is 24.3. The molecular formula is C18H16N2O3. The Balaban J connectivity index is 2.18. The number of amides is 2. The molecule has 2 aromatic carbocycles. The van der Waals surface area contributed by atoms with Crippen LogP contribution in [0.15, 0.2) is 60.2 Å². The van der Waals surface area contributed by atoms with E-state index in [1.807, 2.05) is 30.3 Å². The molecule has 0 fully saturated rings. The fraction of sp³-hybridized carbons (Fsp3) is 0.111. The molecule has 1 heterocycles. The average molecular weight is 308 g/mol. The third kappa shape index (κ3) is 2.94. The summed E-state index contributed by atoms with van der Waals surface area (Å²) in [6.07, 6.45) is 0. The quantitative estimate of drug-likeness (QED) is 0.816. The van der Waals surface area contributed by atoms with E-state index < -0.39 is 6.04 Å². The molecule has 1 aliphatic heterocycles. The first-order chi connectivity index (χ1) is 11.1. The smallest absolute Gasteiger partial charge is 0.320 e. The number of Topliss-reactive ketones (excluding diaryl/α,β-unsaturated/α-hetero) is 1. The molecule has 3 N–H and O–H groups in total. The van der Waals surface area contributed by atoms with Gasteiger partial charge in [-0.2, -0.15) is 0 Å². The Kier molecular flexibility index (Phi) is 3.85. The zero-order valence-electron chi connectivity index (χ0n) is 12.5. The number of rotatable bonds is 3. The summed E-state index contributed by atoms with van der Waals surface area (Å²) in [5.74, 6) is -0.0656. The number of hydrogen-bond donors (Lipinski definition) is 3. The second-order valence-electron chi connectivity index (χ2n) is 5.34. The first-order valence-corrected chi connectivity index (χ1v) is 7.23. The molecule has 2 amide bonds. The van der Waals surface area contributed by atoms with E-state index in [4.69, 9.17) is 0 Å². The van der Waals surface area contributed by atoms with Crippen LogP contribution < -0.4 is 10.6 Å². The van der Waals surface area contributed by atoms with Crippen LogP contribution in [0.25, 0.3) is 5.70 Å². The molecule has 0 saturated heterocycles. The number of ketones is 1. The molecule has 0 aromatic heterocycles. The van der Waals surface area contributed by atoms with Gasteiger partial charge in [0, 0.05) is 5.57 Å². The maximum Gasteiger partial charge on any atom is 0.320 e. The van der Waals surface area contributed by atoms with Crippen molar-refractivity contribution < 1.29 is 14.7 Å². The van der Waals surface area contributed by atoms with E-state index in [2.05, 4.69) is 10.6 Å². The summed E-state index contributed by atoms with van der Waals surface area (Å²) in [7, 11) is 0. The molecule has 1 atom stereocenters. The van der Waals surface area contributed by atoms with Gasteiger partial charge in [-0.15, -0.1) is 0 Å². The van der Waals surface area contributed by atoms with Gasteiger partial charge in [0.1, 0.15) is 5.75 Å². The second-order valence-corrected chi connectivity index (χ2v) is 5.34. The number of aromatic hydroxyl groups is 1. The van der Waals surface area contributed by atoms with Crippen LogP contribution in [0.5, 0.6) is 5.75 Å². The van der Waals surface area contributed by atoms with Crippen LogP contribution >= 0.6 is 0 Å². The minimum atomic E-state index is -0.608. The van der Waals surface area contributed by atoms with E-state index in [1.165, 1.54) is 6.92 Å². The standard InChI is InChI=1S/C18H16N2O3/c1-11(21)15-16(12-6-3-2-4-7-12)19-18(23)20-17(15)13-8-5-9-14(22)10-13/h2-10,17,22H,1H3,(H2,19,20,23). The van der Waals surface area contributed by atoms with E-state index in [0.29, 0.717) is 16.8 Å². The SMILES string of the molecule is CC(=O)C1=C(c2ccccc2)NC(=O)NC1c1cccc(O)c1. The molecule has 1 unspecified atom stereocenters. The molecule has 0 saturated carbocycles. The summed E-state index contributed by atoms with van der Waals surface area (Å²) < 4.78 is 0. The van der Waals surface area contributed by atoms with Crippen LogP contribution in [0.4, 0.5) is 4.79 Å². The van der Waals surface area contributed by atoms with E-state index in [1.54, 1.807) is 24.3 Å². The molecule has 0 spiro atoms. The van der Waals surface area contributed by atoms with Crippen LogP contribution in [0.3, 0.4) is 0 Å². The Bertz CT molecular complexity index is 797. The molecule has 116 valence electrons. The largest absolute Gasteiger partial charge is 0.508 e. The van der Waals surface area contributed by atoms with Crippen molar-refractivity contribution in [3.05, 3.63) is 71.3 Å². The van der Waals surface area contributed by atoms with Gasteiger partial charge in [-0.1, -0.05) is 42.5 Å². The first-order valence-electron chi connectivity index (χ1n) is 7.23. The zero-order valence-corrected chi connectivity index (χ0v) is 12.5. The van der Waals surface area contributed by atoms with Crippen LogP contribution in [0, 0.1) is 0 Å². The zero-order chi connectivity index (χ0) is 16.4. The van der Waals surface area contributed by atoms with E-state index in [-0.39, 0.29) is 17.6 Å². The van der Waals surface area contributed by atoms with E-state index in [0.717, 1.165) is 5.56 Å². The van der Waals surface area contributed by atoms with Crippen molar-refractivity contribution in [3.63, 3.8) is 0 Å². The van der Waals surface area contributed by atoms with Crippen LogP contribution in [-0.4, -0.2) is 16.9 Å². The summed E-state index contributed by atoms with van der Waals surface area (Å²) in [6, 6.07) is 14.8. The lowest BCUT2D eigenvalue weighted by Crippen LogP contribution is -2.44. The normalized spacial score (nSPS) is 17.4. The summed E-state index contributed by atoms with van der Waals surface area (Å²) in [5.41, 5.74) is 2.37. The van der Waals surface area contributed by atoms with Crippen molar-refractivity contribution in [2.24, 2.45) is 0 Å². The van der Waals surface area contributed by atoms with Crippen molar-refractivity contribution in [2.75, 3.05) is 0 Å². The third-order valence-electron chi connectivity index (χ3n) is 3.72. The number of urea groups is 1. The predicted molar refractivity (Wildman–Crippen MR) is 86.6 cm³/mol. The number of carbonyl (C=O) groups is 2. The number of phenols is 1. The van der Waals surface area contributed by atoms with Crippen LogP contribution in [-0.2, 0) is 4.79 Å². The van der Waals surface area contributed by atoms with Gasteiger partial charge in [-0.25, -0.2) is 4.79 Å². The van der Waals surface area contributed by atoms with Gasteiger partial charge in [0.05, 0.1) is 11.7 Å². The Morgan fingerprint density at radius 2 is 1.83 bits per heavy atom. The Hall–Kier alpha value is -3.08. The van der Waals surface area contributed by atoms with Gasteiger partial charge < -0.3 is 15.7 Å². The fourth-order valence-electron chi connectivity index (χ4n) is 2.73. The van der Waals surface area contributed by atoms with E-state index >= 15 is 0 Å². The van der Waals surface area contributed by atoms with Crippen molar-refractivity contribution >= 4 is 17.5 Å². The highest BCUT2D eigenvalue weighted by Crippen LogP contribution is 2.32. The average Bonchev–Trinajstić information content (AvgIpc) is 2.54. The molecule has 23 heavy (non-hydrogen) atoms. The Labute approximate surface area is 133 Å². The number of nitrogens with one attached hydrogen (secondary N) is 2. The molecule has 0 radical (unpaired) electrons. The molecule has 0 bridgehead atoms. The topological polar surface area (TPSA) is 78.4 Å². The molecule has 1 aliphatic rings. The highest BCUT2D eigenvalue weighted by Gasteiger charge is 2.31. The van der Waals surface area contributed by atoms with Crippen molar-refractivity contribution in [1.29, 1.82) is 0 Å². The van der Waals surface area contributed by atoms with E-state index in [9.17, 15) is 14.7 Å². The van der Waals surface area contributed by atoms with Crippen molar-refractivity contribution in [2.45, 2.75) is 13.0 Å². The van der Waals surface area contributed by atoms with Gasteiger partial charge >= 0.3 is 6.03 Å². The van der Waals surface area contributed by atoms with Gasteiger partial charge in [-0.3, -0.25) is 4.79 Å². The highest BCUT2D eigenvalue weighted by atomic mass is 16.3. The van der Waals surface area contributed by atoms with Gasteiger partial charge in [0.25, 0.3) is 0 Å². The maximum atomic E-state index is 12.2. The monoisotopic (exact) mass is 308 g/mol. The first kappa shape index (κ1) is 14.8. The van der Waals surface area contributed by atoms with Crippen molar-refractivity contribution in [3.8, 4) is 5.75 Å². The van der Waals surface area contributed by atoms with Crippen LogP contribution in [0.2, 0.25) is 0 Å². The summed E-state index contributed by atoms with van der Waals surface area (Å²) in [5, 5.41) is 15.2. The lowest BCUT2D eigenvalue weighted by molar-refractivity contribution is -0.113. The Morgan fingerprint density at radius 3 is 2.48 bits per heavy atom. The fourth-order valence-corrected chi connectivity index (χ4v) is 2.73. The predicted octanol–water partition coefficient (Wildman–Crippen LogP) is 2.75. The number of carbonyl (C=O) groups excluding carboxylic acids is 2. The van der Waals surface area contributed by atoms with Crippen molar-refractivity contribution in [1.82, 2.24) is 10.6 Å². The minimum Gasteiger partial charge on any atom is -0.508 e. The highest BCUT2D eigenvalue weighted by molar-refractivity contribution is 6.06. The molecule has 5 heteroatoms. The van der Waals surface area contributed by atoms with Crippen LogP contribution in [0.1, 0.15) is 24.1 Å². The minimum absolute atomic E-state index is 0.0828. The molecule has 3 rings (SSSR count). The summed E-state index contributed by atoms with van der Waals surface area (Å²) >= 11 is 0. The molecule has 2 aromatic rings. The van der Waals surface area contributed by atoms with Gasteiger partial charge in [0.15, 0.2) is 5.78 Å². The number of benzene rings is 2. The molecular weight excluding hydrogens is 292 g/mol. The Morgan fingerprint density at radius 1 is 1.09 bits per heavy atom. The van der Waals surface area contributed by atoms with Gasteiger partial charge in [-0.05, 0) is 30.2 Å².